The SMILES string of the molecule is C[C@H]1Nc2ccc3ncc(n3n2)C(=O)NC2(CCC2)COc2ccc(F)cc21. The van der Waals surface area contributed by atoms with E-state index in [-0.39, 0.29) is 17.8 Å². The van der Waals surface area contributed by atoms with Gasteiger partial charge in [-0.2, -0.15) is 0 Å². The van der Waals surface area contributed by atoms with E-state index >= 15 is 0 Å². The molecule has 8 heteroatoms. The van der Waals surface area contributed by atoms with Crippen LogP contribution in [0.15, 0.2) is 36.5 Å². The Balaban J connectivity index is 1.63. The van der Waals surface area contributed by atoms with Crippen LogP contribution in [-0.2, 0) is 0 Å². The van der Waals surface area contributed by atoms with Crippen molar-refractivity contribution < 1.29 is 13.9 Å². The number of carbonyl (C=O) groups is 1. The highest BCUT2D eigenvalue weighted by Crippen LogP contribution is 2.35. The van der Waals surface area contributed by atoms with Gasteiger partial charge in [0.15, 0.2) is 11.3 Å². The standard InChI is InChI=1S/C20H20FN5O2/c1-12-14-9-13(21)3-4-16(14)28-11-20(7-2-8-20)24-19(27)15-10-22-18-6-5-17(23-12)25-26(15)18/h3-6,9-10,12H,2,7-8,11H2,1H3,(H,23,25)(H,24,27)/t12-/m1/s1. The molecular formula is C20H20FN5O2. The van der Waals surface area contributed by atoms with Crippen LogP contribution in [0.1, 0.15) is 48.3 Å². The maximum absolute atomic E-state index is 13.9. The molecule has 144 valence electrons. The highest BCUT2D eigenvalue weighted by Gasteiger charge is 2.40. The molecule has 1 amide bonds. The Kier molecular flexibility index (Phi) is 3.75. The lowest BCUT2D eigenvalue weighted by atomic mass is 9.77. The number of rotatable bonds is 0. The maximum Gasteiger partial charge on any atom is 0.272 e. The molecule has 7 nitrogen and oxygen atoms in total. The third kappa shape index (κ3) is 2.76. The molecule has 1 aromatic carbocycles. The molecule has 1 aliphatic heterocycles. The van der Waals surface area contributed by atoms with Gasteiger partial charge < -0.3 is 15.4 Å². The zero-order valence-corrected chi connectivity index (χ0v) is 15.4. The first-order chi connectivity index (χ1) is 13.5. The first-order valence-corrected chi connectivity index (χ1v) is 9.39. The van der Waals surface area contributed by atoms with Crippen LogP contribution in [0.25, 0.3) is 5.65 Å². The van der Waals surface area contributed by atoms with E-state index in [4.69, 9.17) is 4.74 Å². The Morgan fingerprint density at radius 3 is 2.93 bits per heavy atom. The fraction of sp³-hybridized carbons (Fsp3) is 0.350. The molecule has 2 aromatic heterocycles. The molecule has 1 atom stereocenters. The summed E-state index contributed by atoms with van der Waals surface area (Å²) in [6.07, 6.45) is 4.21. The summed E-state index contributed by atoms with van der Waals surface area (Å²) >= 11 is 0. The van der Waals surface area contributed by atoms with Gasteiger partial charge in [0.05, 0.1) is 17.8 Å². The molecule has 2 aliphatic rings. The largest absolute Gasteiger partial charge is 0.491 e. The topological polar surface area (TPSA) is 80.5 Å². The second kappa shape index (κ2) is 6.19. The molecule has 1 saturated carbocycles. The molecular weight excluding hydrogens is 361 g/mol. The van der Waals surface area contributed by atoms with E-state index < -0.39 is 5.54 Å². The summed E-state index contributed by atoms with van der Waals surface area (Å²) in [5.41, 5.74) is 1.23. The number of carbonyl (C=O) groups excluding carboxylic acids is 1. The Hall–Kier alpha value is -3.16. The van der Waals surface area contributed by atoms with Gasteiger partial charge in [0, 0.05) is 5.56 Å². The van der Waals surface area contributed by atoms with Gasteiger partial charge in [0.1, 0.15) is 24.0 Å². The highest BCUT2D eigenvalue weighted by atomic mass is 19.1. The summed E-state index contributed by atoms with van der Waals surface area (Å²) in [6.45, 7) is 2.25. The minimum Gasteiger partial charge on any atom is -0.491 e. The quantitative estimate of drug-likeness (QED) is 0.626. The number of nitrogens with zero attached hydrogens (tertiary/aromatic N) is 3. The number of hydrogen-bond donors (Lipinski definition) is 2. The predicted molar refractivity (Wildman–Crippen MR) is 101 cm³/mol. The van der Waals surface area contributed by atoms with Crippen molar-refractivity contribution >= 4 is 17.4 Å². The number of fused-ring (bicyclic) bond motifs is 2. The third-order valence-corrected chi connectivity index (χ3v) is 5.59. The fourth-order valence-corrected chi connectivity index (χ4v) is 3.82. The lowest BCUT2D eigenvalue weighted by Gasteiger charge is -2.42. The normalized spacial score (nSPS) is 20.8. The minimum atomic E-state index is -0.435. The molecule has 3 aromatic rings. The first-order valence-electron chi connectivity index (χ1n) is 9.39. The van der Waals surface area contributed by atoms with Crippen molar-refractivity contribution in [3.8, 4) is 5.75 Å². The summed E-state index contributed by atoms with van der Waals surface area (Å²) < 4.78 is 21.5. The second-order valence-corrected chi connectivity index (χ2v) is 7.56. The Labute approximate surface area is 160 Å². The molecule has 1 aliphatic carbocycles. The van der Waals surface area contributed by atoms with Crippen molar-refractivity contribution in [3.05, 3.63) is 53.6 Å². The number of anilines is 1. The van der Waals surface area contributed by atoms with E-state index in [1.54, 1.807) is 18.2 Å². The zero-order valence-electron chi connectivity index (χ0n) is 15.4. The van der Waals surface area contributed by atoms with Crippen LogP contribution in [-0.4, -0.2) is 32.7 Å². The molecule has 28 heavy (non-hydrogen) atoms. The van der Waals surface area contributed by atoms with Crippen LogP contribution < -0.4 is 15.4 Å². The third-order valence-electron chi connectivity index (χ3n) is 5.59. The zero-order chi connectivity index (χ0) is 19.3. The van der Waals surface area contributed by atoms with E-state index in [2.05, 4.69) is 20.7 Å². The molecule has 3 heterocycles. The summed E-state index contributed by atoms with van der Waals surface area (Å²) in [7, 11) is 0. The van der Waals surface area contributed by atoms with Gasteiger partial charge in [-0.05, 0) is 56.5 Å². The average molecular weight is 381 g/mol. The fourth-order valence-electron chi connectivity index (χ4n) is 3.82. The molecule has 2 bridgehead atoms. The molecule has 1 fully saturated rings. The van der Waals surface area contributed by atoms with Gasteiger partial charge in [0.2, 0.25) is 0 Å². The van der Waals surface area contributed by atoms with Crippen LogP contribution in [0.2, 0.25) is 0 Å². The van der Waals surface area contributed by atoms with Crippen molar-refractivity contribution in [2.75, 3.05) is 11.9 Å². The summed E-state index contributed by atoms with van der Waals surface area (Å²) in [6, 6.07) is 7.83. The number of ether oxygens (including phenoxy) is 1. The number of hydrogen-bond acceptors (Lipinski definition) is 5. The molecule has 2 N–H and O–H groups in total. The van der Waals surface area contributed by atoms with Crippen LogP contribution in [0.3, 0.4) is 0 Å². The van der Waals surface area contributed by atoms with Crippen LogP contribution in [0, 0.1) is 5.82 Å². The average Bonchev–Trinajstić information content (AvgIpc) is 3.07. The van der Waals surface area contributed by atoms with Crippen LogP contribution in [0.4, 0.5) is 10.2 Å². The smallest absolute Gasteiger partial charge is 0.272 e. The van der Waals surface area contributed by atoms with Gasteiger partial charge in [-0.25, -0.2) is 13.9 Å². The number of aromatic nitrogens is 3. The van der Waals surface area contributed by atoms with E-state index in [1.165, 1.54) is 22.8 Å². The molecule has 1 spiro atoms. The van der Waals surface area contributed by atoms with Crippen molar-refractivity contribution in [1.82, 2.24) is 19.9 Å². The lowest BCUT2D eigenvalue weighted by molar-refractivity contribution is 0.0684. The predicted octanol–water partition coefficient (Wildman–Crippen LogP) is 3.09. The van der Waals surface area contributed by atoms with Crippen molar-refractivity contribution in [3.63, 3.8) is 0 Å². The lowest BCUT2D eigenvalue weighted by Crippen LogP contribution is -2.57. The van der Waals surface area contributed by atoms with E-state index in [0.717, 1.165) is 19.3 Å². The van der Waals surface area contributed by atoms with E-state index in [9.17, 15) is 9.18 Å². The van der Waals surface area contributed by atoms with Crippen molar-refractivity contribution in [2.45, 2.75) is 37.8 Å². The van der Waals surface area contributed by atoms with Gasteiger partial charge in [-0.1, -0.05) is 0 Å². The first kappa shape index (κ1) is 17.0. The van der Waals surface area contributed by atoms with Crippen molar-refractivity contribution in [2.24, 2.45) is 0 Å². The van der Waals surface area contributed by atoms with E-state index in [0.29, 0.717) is 35.1 Å². The number of amides is 1. The molecule has 0 unspecified atom stereocenters. The van der Waals surface area contributed by atoms with Gasteiger partial charge >= 0.3 is 0 Å². The van der Waals surface area contributed by atoms with Crippen LogP contribution >= 0.6 is 0 Å². The summed E-state index contributed by atoms with van der Waals surface area (Å²) in [4.78, 5) is 17.2. The van der Waals surface area contributed by atoms with Crippen LogP contribution in [0.5, 0.6) is 5.75 Å². The number of imidazole rings is 1. The second-order valence-electron chi connectivity index (χ2n) is 7.56. The highest BCUT2D eigenvalue weighted by molar-refractivity contribution is 5.93. The minimum absolute atomic E-state index is 0.230. The van der Waals surface area contributed by atoms with Crippen molar-refractivity contribution in [1.29, 1.82) is 0 Å². The van der Waals surface area contributed by atoms with E-state index in [1.807, 2.05) is 6.92 Å². The Morgan fingerprint density at radius 2 is 2.14 bits per heavy atom. The summed E-state index contributed by atoms with van der Waals surface area (Å²) in [5.74, 6) is 0.600. The molecule has 0 saturated heterocycles. The Bertz CT molecular complexity index is 1080. The monoisotopic (exact) mass is 381 g/mol. The van der Waals surface area contributed by atoms with Gasteiger partial charge in [-0.3, -0.25) is 4.79 Å². The van der Waals surface area contributed by atoms with Gasteiger partial charge in [0.25, 0.3) is 5.91 Å². The maximum atomic E-state index is 13.9. The van der Waals surface area contributed by atoms with Gasteiger partial charge in [-0.15, -0.1) is 5.10 Å². The Morgan fingerprint density at radius 1 is 1.29 bits per heavy atom. The molecule has 5 rings (SSSR count). The number of halogens is 1. The number of benzene rings is 1. The summed E-state index contributed by atoms with van der Waals surface area (Å²) in [5, 5.41) is 10.9. The molecule has 0 radical (unpaired) electrons. The number of nitrogens with one attached hydrogen (secondary N) is 2.